The lowest BCUT2D eigenvalue weighted by atomic mass is 9.73. The number of hydrogen-bond acceptors (Lipinski definition) is 4. The Balaban J connectivity index is 2.58. The fourth-order valence-electron chi connectivity index (χ4n) is 1.85. The normalized spacial score (nSPS) is 17.5. The van der Waals surface area contributed by atoms with Crippen molar-refractivity contribution >= 4 is 17.8 Å². The number of ketones is 1. The molecule has 0 aromatic carbocycles. The summed E-state index contributed by atoms with van der Waals surface area (Å²) in [5, 5.41) is 11.2. The van der Waals surface area contributed by atoms with Gasteiger partial charge in [0, 0.05) is 6.42 Å². The summed E-state index contributed by atoms with van der Waals surface area (Å²) in [6.45, 7) is 5.22. The highest BCUT2D eigenvalue weighted by molar-refractivity contribution is 6.33. The van der Waals surface area contributed by atoms with Gasteiger partial charge in [-0.3, -0.25) is 4.79 Å². The fourth-order valence-corrected chi connectivity index (χ4v) is 1.85. The molecule has 0 unspecified atom stereocenters. The molecule has 1 amide bonds. The minimum atomic E-state index is -1.47. The lowest BCUT2D eigenvalue weighted by Gasteiger charge is -2.41. The van der Waals surface area contributed by atoms with Gasteiger partial charge in [-0.05, 0) is 40.0 Å². The van der Waals surface area contributed by atoms with Crippen LogP contribution in [0.4, 0.5) is 4.79 Å². The summed E-state index contributed by atoms with van der Waals surface area (Å²) in [6, 6.07) is 0. The van der Waals surface area contributed by atoms with Crippen LogP contribution in [0.1, 0.15) is 46.5 Å². The summed E-state index contributed by atoms with van der Waals surface area (Å²) in [4.78, 5) is 33.4. The van der Waals surface area contributed by atoms with Crippen molar-refractivity contribution in [2.75, 3.05) is 0 Å². The number of ether oxygens (including phenoxy) is 1. The number of carboxylic acids is 1. The van der Waals surface area contributed by atoms with E-state index in [0.717, 1.165) is 6.42 Å². The molecular weight excluding hydrogens is 238 g/mol. The van der Waals surface area contributed by atoms with E-state index >= 15 is 0 Å². The van der Waals surface area contributed by atoms with Crippen molar-refractivity contribution in [1.82, 2.24) is 5.32 Å². The highest BCUT2D eigenvalue weighted by Gasteiger charge is 2.42. The molecule has 0 bridgehead atoms. The molecule has 6 heteroatoms. The number of carboxylic acid groups (broad SMARTS) is 1. The van der Waals surface area contributed by atoms with Gasteiger partial charge in [0.15, 0.2) is 0 Å². The average Bonchev–Trinajstić information content (AvgIpc) is 2.10. The Morgan fingerprint density at radius 2 is 1.83 bits per heavy atom. The van der Waals surface area contributed by atoms with Gasteiger partial charge >= 0.3 is 12.1 Å². The van der Waals surface area contributed by atoms with Gasteiger partial charge in [0.05, 0.1) is 5.54 Å². The third kappa shape index (κ3) is 4.01. The molecule has 0 aromatic heterocycles. The van der Waals surface area contributed by atoms with Gasteiger partial charge in [-0.15, -0.1) is 0 Å². The number of amides is 1. The summed E-state index contributed by atoms with van der Waals surface area (Å²) in [5.41, 5.74) is -1.36. The van der Waals surface area contributed by atoms with Crippen molar-refractivity contribution in [3.63, 3.8) is 0 Å². The Morgan fingerprint density at radius 1 is 1.28 bits per heavy atom. The third-order valence-electron chi connectivity index (χ3n) is 2.81. The van der Waals surface area contributed by atoms with Crippen LogP contribution >= 0.6 is 0 Å². The number of carbonyl (C=O) groups is 3. The number of aliphatic carboxylic acids is 1. The molecule has 0 spiro atoms. The van der Waals surface area contributed by atoms with Crippen molar-refractivity contribution in [3.05, 3.63) is 0 Å². The molecule has 102 valence electrons. The monoisotopic (exact) mass is 257 g/mol. The molecular formula is C12H19NO5. The zero-order chi connectivity index (χ0) is 14.0. The van der Waals surface area contributed by atoms with Crippen molar-refractivity contribution in [2.45, 2.75) is 57.6 Å². The molecule has 0 atom stereocenters. The number of carbonyl (C=O) groups excluding carboxylic acids is 2. The maximum absolute atomic E-state index is 11.6. The van der Waals surface area contributed by atoms with Crippen molar-refractivity contribution in [1.29, 1.82) is 0 Å². The zero-order valence-corrected chi connectivity index (χ0v) is 10.9. The van der Waals surface area contributed by atoms with Gasteiger partial charge < -0.3 is 15.2 Å². The van der Waals surface area contributed by atoms with Crippen LogP contribution in [0.15, 0.2) is 0 Å². The second kappa shape index (κ2) is 4.96. The highest BCUT2D eigenvalue weighted by Crippen LogP contribution is 2.35. The molecule has 1 fully saturated rings. The van der Waals surface area contributed by atoms with Crippen LogP contribution in [-0.4, -0.2) is 34.1 Å². The molecule has 1 aliphatic rings. The van der Waals surface area contributed by atoms with Gasteiger partial charge in [-0.25, -0.2) is 9.59 Å². The molecule has 18 heavy (non-hydrogen) atoms. The van der Waals surface area contributed by atoms with E-state index in [9.17, 15) is 14.4 Å². The average molecular weight is 257 g/mol. The predicted molar refractivity (Wildman–Crippen MR) is 63.2 cm³/mol. The lowest BCUT2D eigenvalue weighted by Crippen LogP contribution is -2.56. The number of hydrogen-bond donors (Lipinski definition) is 2. The van der Waals surface area contributed by atoms with Crippen molar-refractivity contribution in [2.24, 2.45) is 0 Å². The number of nitrogens with one attached hydrogen (secondary N) is 1. The zero-order valence-electron chi connectivity index (χ0n) is 10.9. The standard InChI is InChI=1S/C12H19NO5/c1-11(2,3)18-10(17)13-12(5-4-6-12)7-8(14)9(15)16/h4-7H2,1-3H3,(H,13,17)(H,15,16). The van der Waals surface area contributed by atoms with Gasteiger partial charge in [-0.2, -0.15) is 0 Å². The van der Waals surface area contributed by atoms with Crippen molar-refractivity contribution in [3.8, 4) is 0 Å². The minimum Gasteiger partial charge on any atom is -0.475 e. The quantitative estimate of drug-likeness (QED) is 0.744. The summed E-state index contributed by atoms with van der Waals surface area (Å²) in [5.74, 6) is -2.35. The first-order valence-corrected chi connectivity index (χ1v) is 5.91. The van der Waals surface area contributed by atoms with Crippen LogP contribution in [0.2, 0.25) is 0 Å². The van der Waals surface area contributed by atoms with E-state index in [-0.39, 0.29) is 6.42 Å². The number of Topliss-reactive ketones (excluding diaryl/α,β-unsaturated/α-hetero) is 1. The maximum Gasteiger partial charge on any atom is 0.408 e. The molecule has 0 aliphatic heterocycles. The van der Waals surface area contributed by atoms with Crippen LogP contribution in [0.5, 0.6) is 0 Å². The second-order valence-corrected chi connectivity index (χ2v) is 5.67. The third-order valence-corrected chi connectivity index (χ3v) is 2.81. The molecule has 6 nitrogen and oxygen atoms in total. The highest BCUT2D eigenvalue weighted by atomic mass is 16.6. The van der Waals surface area contributed by atoms with Gasteiger partial charge in [0.1, 0.15) is 5.60 Å². The van der Waals surface area contributed by atoms with E-state index in [0.29, 0.717) is 12.8 Å². The summed E-state index contributed by atoms with van der Waals surface area (Å²) in [7, 11) is 0. The Kier molecular flexibility index (Phi) is 3.98. The van der Waals surface area contributed by atoms with Crippen LogP contribution in [0.3, 0.4) is 0 Å². The van der Waals surface area contributed by atoms with E-state index in [2.05, 4.69) is 5.32 Å². The van der Waals surface area contributed by atoms with Crippen LogP contribution in [-0.2, 0) is 14.3 Å². The molecule has 0 heterocycles. The van der Waals surface area contributed by atoms with Gasteiger partial charge in [-0.1, -0.05) is 0 Å². The second-order valence-electron chi connectivity index (χ2n) is 5.67. The van der Waals surface area contributed by atoms with Gasteiger partial charge in [0.2, 0.25) is 5.78 Å². The largest absolute Gasteiger partial charge is 0.475 e. The fraction of sp³-hybridized carbons (Fsp3) is 0.750. The van der Waals surface area contributed by atoms with E-state index < -0.39 is 29.0 Å². The number of alkyl carbamates (subject to hydrolysis) is 1. The van der Waals surface area contributed by atoms with Crippen molar-refractivity contribution < 1.29 is 24.2 Å². The topological polar surface area (TPSA) is 92.7 Å². The molecule has 0 radical (unpaired) electrons. The summed E-state index contributed by atoms with van der Waals surface area (Å²) in [6.07, 6.45) is 1.28. The first-order chi connectivity index (χ1) is 8.14. The Bertz CT molecular complexity index is 365. The molecule has 1 aliphatic carbocycles. The molecule has 1 rings (SSSR count). The molecule has 0 aromatic rings. The number of rotatable bonds is 4. The summed E-state index contributed by atoms with van der Waals surface area (Å²) >= 11 is 0. The Hall–Kier alpha value is -1.59. The first kappa shape index (κ1) is 14.5. The van der Waals surface area contributed by atoms with E-state index in [4.69, 9.17) is 9.84 Å². The SMILES string of the molecule is CC(C)(C)OC(=O)NC1(CC(=O)C(=O)O)CCC1. The van der Waals surface area contributed by atoms with E-state index in [1.54, 1.807) is 20.8 Å². The van der Waals surface area contributed by atoms with Gasteiger partial charge in [0.25, 0.3) is 0 Å². The smallest absolute Gasteiger partial charge is 0.408 e. The first-order valence-electron chi connectivity index (χ1n) is 5.91. The van der Waals surface area contributed by atoms with E-state index in [1.807, 2.05) is 0 Å². The maximum atomic E-state index is 11.6. The lowest BCUT2D eigenvalue weighted by molar-refractivity contribution is -0.150. The van der Waals surface area contributed by atoms with E-state index in [1.165, 1.54) is 0 Å². The van der Waals surface area contributed by atoms with Crippen LogP contribution in [0, 0.1) is 0 Å². The Morgan fingerprint density at radius 3 is 2.17 bits per heavy atom. The van der Waals surface area contributed by atoms with Crippen LogP contribution in [0.25, 0.3) is 0 Å². The molecule has 1 saturated carbocycles. The molecule has 0 saturated heterocycles. The minimum absolute atomic E-state index is 0.179. The molecule has 2 N–H and O–H groups in total. The van der Waals surface area contributed by atoms with Crippen LogP contribution < -0.4 is 5.32 Å². The predicted octanol–water partition coefficient (Wildman–Crippen LogP) is 1.48. The summed E-state index contributed by atoms with van der Waals surface area (Å²) < 4.78 is 5.10. The Labute approximate surface area is 106 Å².